The molecule has 2 aromatic rings. The van der Waals surface area contributed by atoms with Crippen LogP contribution >= 0.6 is 27.3 Å². The molecule has 0 saturated heterocycles. The lowest BCUT2D eigenvalue weighted by Crippen LogP contribution is -2.33. The Kier molecular flexibility index (Phi) is 3.35. The normalized spacial score (nSPS) is 10.8. The van der Waals surface area contributed by atoms with Crippen LogP contribution in [0.1, 0.15) is 16.0 Å². The first-order valence-corrected chi connectivity index (χ1v) is 6.64. The third-order valence-corrected chi connectivity index (χ3v) is 4.26. The van der Waals surface area contributed by atoms with E-state index in [-0.39, 0.29) is 11.1 Å². The summed E-state index contributed by atoms with van der Waals surface area (Å²) in [6.07, 6.45) is 0. The van der Waals surface area contributed by atoms with Gasteiger partial charge in [0, 0.05) is 16.0 Å². The van der Waals surface area contributed by atoms with Gasteiger partial charge in [0.25, 0.3) is 11.1 Å². The Labute approximate surface area is 110 Å². The van der Waals surface area contributed by atoms with Gasteiger partial charge in [0.15, 0.2) is 0 Å². The van der Waals surface area contributed by atoms with E-state index in [1.165, 1.54) is 4.68 Å². The molecule has 2 rings (SSSR count). The second-order valence-electron chi connectivity index (χ2n) is 3.79. The fourth-order valence-electron chi connectivity index (χ4n) is 1.49. The van der Waals surface area contributed by atoms with E-state index in [1.807, 2.05) is 12.1 Å². The summed E-state index contributed by atoms with van der Waals surface area (Å²) in [5, 5.41) is 2.58. The number of H-pyrrole nitrogens is 1. The van der Waals surface area contributed by atoms with Gasteiger partial charge in [-0.25, -0.2) is 4.68 Å². The summed E-state index contributed by atoms with van der Waals surface area (Å²) in [5.41, 5.74) is 0.632. The third-order valence-electron chi connectivity index (χ3n) is 2.65. The van der Waals surface area contributed by atoms with Crippen LogP contribution < -0.4 is 11.1 Å². The molecule has 0 aromatic carbocycles. The average molecular weight is 315 g/mol. The van der Waals surface area contributed by atoms with Crippen molar-refractivity contribution in [2.24, 2.45) is 0 Å². The maximum atomic E-state index is 11.9. The van der Waals surface area contributed by atoms with Crippen LogP contribution in [-0.2, 0) is 6.54 Å². The molecule has 0 aliphatic carbocycles. The standard InChI is InChI=1S/C11H11BrN2O2S/c1-6-7(2)11(16)14(13-10(6)15)5-8-3-4-9(12)17-8/h3-4H,5H2,1-2H3,(H,13,15). The highest BCUT2D eigenvalue weighted by Gasteiger charge is 2.08. The molecule has 0 amide bonds. The van der Waals surface area contributed by atoms with Crippen LogP contribution in [0.2, 0.25) is 0 Å². The molecule has 6 heteroatoms. The highest BCUT2D eigenvalue weighted by atomic mass is 79.9. The summed E-state index contributed by atoms with van der Waals surface area (Å²) in [4.78, 5) is 24.5. The predicted octanol–water partition coefficient (Wildman–Crippen LogP) is 2.03. The van der Waals surface area contributed by atoms with Crippen molar-refractivity contribution >= 4 is 27.3 Å². The van der Waals surface area contributed by atoms with Crippen LogP contribution in [0.3, 0.4) is 0 Å². The van der Waals surface area contributed by atoms with Gasteiger partial charge in [-0.3, -0.25) is 14.7 Å². The number of aromatic amines is 1. The molecule has 0 saturated carbocycles. The molecule has 0 atom stereocenters. The number of thiophene rings is 1. The monoisotopic (exact) mass is 314 g/mol. The lowest BCUT2D eigenvalue weighted by Gasteiger charge is -2.06. The minimum absolute atomic E-state index is 0.147. The third kappa shape index (κ3) is 2.42. The Bertz CT molecular complexity index is 669. The molecule has 90 valence electrons. The second-order valence-corrected chi connectivity index (χ2v) is 6.34. The summed E-state index contributed by atoms with van der Waals surface area (Å²) in [6, 6.07) is 3.85. The van der Waals surface area contributed by atoms with E-state index in [0.717, 1.165) is 8.66 Å². The molecule has 0 unspecified atom stereocenters. The number of halogens is 1. The molecule has 2 heterocycles. The smallest absolute Gasteiger partial charge is 0.268 e. The van der Waals surface area contributed by atoms with E-state index < -0.39 is 0 Å². The van der Waals surface area contributed by atoms with Gasteiger partial charge in [0.2, 0.25) is 0 Å². The van der Waals surface area contributed by atoms with Gasteiger partial charge in [-0.1, -0.05) is 0 Å². The molecule has 1 N–H and O–H groups in total. The fraction of sp³-hybridized carbons (Fsp3) is 0.273. The maximum Gasteiger partial charge on any atom is 0.268 e. The van der Waals surface area contributed by atoms with Gasteiger partial charge in [-0.15, -0.1) is 11.3 Å². The summed E-state index contributed by atoms with van der Waals surface area (Å²) in [5.74, 6) is 0. The molecule has 17 heavy (non-hydrogen) atoms. The Balaban J connectivity index is 2.47. The first-order valence-electron chi connectivity index (χ1n) is 5.03. The van der Waals surface area contributed by atoms with E-state index in [9.17, 15) is 9.59 Å². The van der Waals surface area contributed by atoms with Crippen LogP contribution in [0.15, 0.2) is 25.5 Å². The zero-order valence-electron chi connectivity index (χ0n) is 9.41. The molecule has 0 aliphatic rings. The molecule has 2 aromatic heterocycles. The van der Waals surface area contributed by atoms with Crippen molar-refractivity contribution in [1.29, 1.82) is 0 Å². The van der Waals surface area contributed by atoms with Crippen LogP contribution in [0, 0.1) is 13.8 Å². The number of hydrogen-bond donors (Lipinski definition) is 1. The van der Waals surface area contributed by atoms with Crippen molar-refractivity contribution in [3.05, 3.63) is 52.6 Å². The number of hydrogen-bond acceptors (Lipinski definition) is 3. The van der Waals surface area contributed by atoms with Crippen molar-refractivity contribution in [2.45, 2.75) is 20.4 Å². The lowest BCUT2D eigenvalue weighted by molar-refractivity contribution is 0.624. The average Bonchev–Trinajstić information content (AvgIpc) is 2.69. The van der Waals surface area contributed by atoms with Crippen LogP contribution in [0.5, 0.6) is 0 Å². The molecule has 4 nitrogen and oxygen atoms in total. The fourth-order valence-corrected chi connectivity index (χ4v) is 2.97. The van der Waals surface area contributed by atoms with E-state index in [1.54, 1.807) is 25.2 Å². The Morgan fingerprint density at radius 1 is 1.29 bits per heavy atom. The highest BCUT2D eigenvalue weighted by molar-refractivity contribution is 9.11. The van der Waals surface area contributed by atoms with E-state index in [2.05, 4.69) is 21.0 Å². The largest absolute Gasteiger partial charge is 0.268 e. The van der Waals surface area contributed by atoms with E-state index >= 15 is 0 Å². The Morgan fingerprint density at radius 3 is 2.59 bits per heavy atom. The van der Waals surface area contributed by atoms with Crippen molar-refractivity contribution in [1.82, 2.24) is 9.78 Å². The zero-order chi connectivity index (χ0) is 12.6. The summed E-state index contributed by atoms with van der Waals surface area (Å²) < 4.78 is 2.36. The van der Waals surface area contributed by atoms with E-state index in [4.69, 9.17) is 0 Å². The minimum Gasteiger partial charge on any atom is -0.268 e. The molecule has 0 bridgehead atoms. The maximum absolute atomic E-state index is 11.9. The summed E-state index contributed by atoms with van der Waals surface area (Å²) >= 11 is 4.91. The number of rotatable bonds is 2. The Morgan fingerprint density at radius 2 is 2.00 bits per heavy atom. The summed E-state index contributed by atoms with van der Waals surface area (Å²) in [6.45, 7) is 3.72. The van der Waals surface area contributed by atoms with Gasteiger partial charge in [-0.05, 0) is 41.9 Å². The highest BCUT2D eigenvalue weighted by Crippen LogP contribution is 2.22. The van der Waals surface area contributed by atoms with Gasteiger partial charge < -0.3 is 0 Å². The predicted molar refractivity (Wildman–Crippen MR) is 71.9 cm³/mol. The second kappa shape index (κ2) is 4.62. The topological polar surface area (TPSA) is 54.9 Å². The molecule has 0 fully saturated rings. The summed E-state index contributed by atoms with van der Waals surface area (Å²) in [7, 11) is 0. The van der Waals surface area contributed by atoms with Crippen LogP contribution in [0.4, 0.5) is 0 Å². The quantitative estimate of drug-likeness (QED) is 0.922. The van der Waals surface area contributed by atoms with Crippen molar-refractivity contribution in [2.75, 3.05) is 0 Å². The van der Waals surface area contributed by atoms with Gasteiger partial charge in [-0.2, -0.15) is 0 Å². The first-order chi connectivity index (χ1) is 7.99. The van der Waals surface area contributed by atoms with Gasteiger partial charge in [0.05, 0.1) is 10.3 Å². The number of nitrogens with one attached hydrogen (secondary N) is 1. The molecule has 0 radical (unpaired) electrons. The molecular weight excluding hydrogens is 304 g/mol. The number of nitrogens with zero attached hydrogens (tertiary/aromatic N) is 1. The van der Waals surface area contributed by atoms with Crippen LogP contribution in [0.25, 0.3) is 0 Å². The van der Waals surface area contributed by atoms with Crippen molar-refractivity contribution < 1.29 is 0 Å². The van der Waals surface area contributed by atoms with E-state index in [0.29, 0.717) is 17.7 Å². The SMILES string of the molecule is Cc1c(C)c(=O)n(Cc2ccc(Br)s2)[nH]c1=O. The molecular formula is C11H11BrN2O2S. The van der Waals surface area contributed by atoms with Crippen LogP contribution in [-0.4, -0.2) is 9.78 Å². The van der Waals surface area contributed by atoms with Gasteiger partial charge in [0.1, 0.15) is 0 Å². The zero-order valence-corrected chi connectivity index (χ0v) is 11.8. The van der Waals surface area contributed by atoms with Crippen molar-refractivity contribution in [3.63, 3.8) is 0 Å². The molecule has 0 aliphatic heterocycles. The molecule has 0 spiro atoms. The number of aromatic nitrogens is 2. The minimum atomic E-state index is -0.210. The Hall–Kier alpha value is -1.14. The van der Waals surface area contributed by atoms with Gasteiger partial charge >= 0.3 is 0 Å². The first kappa shape index (κ1) is 12.3. The lowest BCUT2D eigenvalue weighted by atomic mass is 10.2. The van der Waals surface area contributed by atoms with Crippen molar-refractivity contribution in [3.8, 4) is 0 Å².